The molecule has 1 unspecified atom stereocenters. The predicted octanol–water partition coefficient (Wildman–Crippen LogP) is 3.78. The van der Waals surface area contributed by atoms with E-state index in [1.165, 1.54) is 0 Å². The van der Waals surface area contributed by atoms with Crippen LogP contribution >= 0.6 is 0 Å². The monoisotopic (exact) mass is 474 g/mol. The van der Waals surface area contributed by atoms with E-state index in [4.69, 9.17) is 0 Å². The highest BCUT2D eigenvalue weighted by molar-refractivity contribution is 5.87. The van der Waals surface area contributed by atoms with E-state index in [0.717, 1.165) is 16.9 Å². The maximum atomic E-state index is 12.7. The molecular formula is C27H30N4O4. The molecule has 0 saturated heterocycles. The Morgan fingerprint density at radius 3 is 2.23 bits per heavy atom. The molecule has 35 heavy (non-hydrogen) atoms. The average molecular weight is 475 g/mol. The van der Waals surface area contributed by atoms with Crippen LogP contribution in [0.4, 0.5) is 5.82 Å². The Hall–Kier alpha value is -4.20. The first kappa shape index (κ1) is 25.4. The van der Waals surface area contributed by atoms with Gasteiger partial charge in [-0.15, -0.1) is 0 Å². The lowest BCUT2D eigenvalue weighted by Crippen LogP contribution is -2.46. The molecule has 0 radical (unpaired) electrons. The van der Waals surface area contributed by atoms with Gasteiger partial charge < -0.3 is 21.1 Å². The number of carboxylic acid groups (broad SMARTS) is 1. The molecule has 2 atom stereocenters. The van der Waals surface area contributed by atoms with Gasteiger partial charge in [0.1, 0.15) is 11.9 Å². The number of amides is 2. The Morgan fingerprint density at radius 1 is 0.886 bits per heavy atom. The molecule has 1 heterocycles. The summed E-state index contributed by atoms with van der Waals surface area (Å²) >= 11 is 0. The van der Waals surface area contributed by atoms with Crippen LogP contribution in [-0.2, 0) is 14.4 Å². The number of nitrogens with one attached hydrogen (secondary N) is 3. The molecule has 0 saturated carbocycles. The van der Waals surface area contributed by atoms with E-state index in [1.807, 2.05) is 72.8 Å². The molecule has 1 aromatic heterocycles. The Balaban J connectivity index is 1.51. The zero-order chi connectivity index (χ0) is 25.0. The van der Waals surface area contributed by atoms with Crippen molar-refractivity contribution < 1.29 is 19.5 Å². The molecule has 3 rings (SSSR count). The molecule has 0 aliphatic rings. The van der Waals surface area contributed by atoms with Gasteiger partial charge in [-0.25, -0.2) is 4.98 Å². The molecule has 2 amide bonds. The number of pyridine rings is 1. The molecule has 8 nitrogen and oxygen atoms in total. The minimum absolute atomic E-state index is 0.247. The smallest absolute Gasteiger partial charge is 0.305 e. The van der Waals surface area contributed by atoms with Gasteiger partial charge in [0.15, 0.2) is 0 Å². The zero-order valence-electron chi connectivity index (χ0n) is 19.6. The van der Waals surface area contributed by atoms with Crippen LogP contribution in [-0.4, -0.2) is 40.5 Å². The minimum atomic E-state index is -1.03. The number of carboxylic acids is 1. The summed E-state index contributed by atoms with van der Waals surface area (Å²) in [6.07, 6.45) is 2.24. The van der Waals surface area contributed by atoms with Crippen molar-refractivity contribution in [2.75, 3.05) is 11.9 Å². The van der Waals surface area contributed by atoms with Crippen molar-refractivity contribution in [3.05, 3.63) is 84.6 Å². The Kier molecular flexibility index (Phi) is 9.36. The van der Waals surface area contributed by atoms with Crippen molar-refractivity contribution in [1.29, 1.82) is 0 Å². The second-order valence-electron chi connectivity index (χ2n) is 8.18. The molecule has 0 bridgehead atoms. The van der Waals surface area contributed by atoms with Crippen molar-refractivity contribution >= 4 is 23.6 Å². The Labute approximate surface area is 204 Å². The van der Waals surface area contributed by atoms with Gasteiger partial charge >= 0.3 is 5.97 Å². The highest BCUT2D eigenvalue weighted by atomic mass is 16.4. The number of nitrogens with zero attached hydrogens (tertiary/aromatic N) is 1. The quantitative estimate of drug-likeness (QED) is 0.297. The summed E-state index contributed by atoms with van der Waals surface area (Å²) in [4.78, 5) is 40.5. The summed E-state index contributed by atoms with van der Waals surface area (Å²) in [6.45, 7) is 2.15. The lowest BCUT2D eigenvalue weighted by Gasteiger charge is -2.21. The number of aliphatic carboxylic acids is 1. The third-order valence-electron chi connectivity index (χ3n) is 5.44. The van der Waals surface area contributed by atoms with E-state index in [9.17, 15) is 19.5 Å². The van der Waals surface area contributed by atoms with Crippen LogP contribution in [0.3, 0.4) is 0 Å². The molecule has 0 spiro atoms. The van der Waals surface area contributed by atoms with Gasteiger partial charge in [-0.1, -0.05) is 60.7 Å². The van der Waals surface area contributed by atoms with Crippen LogP contribution in [0.5, 0.6) is 0 Å². The lowest BCUT2D eigenvalue weighted by molar-refractivity contribution is -0.138. The van der Waals surface area contributed by atoms with E-state index in [-0.39, 0.29) is 18.7 Å². The number of carbonyl (C=O) groups excluding carboxylic acids is 2. The second kappa shape index (κ2) is 12.9. The Morgan fingerprint density at radius 2 is 1.57 bits per heavy atom. The summed E-state index contributed by atoms with van der Waals surface area (Å²) in [6, 6.07) is 21.3. The molecule has 2 aromatic carbocycles. The average Bonchev–Trinajstić information content (AvgIpc) is 2.87. The highest BCUT2D eigenvalue weighted by Gasteiger charge is 2.22. The first-order chi connectivity index (χ1) is 16.9. The lowest BCUT2D eigenvalue weighted by atomic mass is 9.99. The predicted molar refractivity (Wildman–Crippen MR) is 135 cm³/mol. The van der Waals surface area contributed by atoms with E-state index >= 15 is 0 Å². The fraction of sp³-hybridized carbons (Fsp3) is 0.259. The van der Waals surface area contributed by atoms with E-state index in [1.54, 1.807) is 13.1 Å². The van der Waals surface area contributed by atoms with E-state index < -0.39 is 24.0 Å². The number of rotatable bonds is 12. The van der Waals surface area contributed by atoms with Crippen LogP contribution in [0.25, 0.3) is 11.1 Å². The van der Waals surface area contributed by atoms with Crippen molar-refractivity contribution in [3.8, 4) is 11.1 Å². The maximum Gasteiger partial charge on any atom is 0.305 e. The van der Waals surface area contributed by atoms with Crippen molar-refractivity contribution in [3.63, 3.8) is 0 Å². The standard InChI is InChI=1S/C27H30N4O4/c1-19(30-25(32)11-7-17-29-24-10-5-6-16-28-24)27(35)31-23(18-26(33)34)22-14-12-21(13-15-22)20-8-3-2-4-9-20/h2-6,8-10,12-16,19,23H,7,11,17-18H2,1H3,(H,28,29)(H,30,32)(H,31,35)(H,33,34)/t19-,23?/m1/s1. The Bertz CT molecular complexity index is 1110. The third-order valence-corrected chi connectivity index (χ3v) is 5.44. The molecule has 8 heteroatoms. The van der Waals surface area contributed by atoms with Gasteiger partial charge in [-0.05, 0) is 42.2 Å². The number of carbonyl (C=O) groups is 3. The molecular weight excluding hydrogens is 444 g/mol. The van der Waals surface area contributed by atoms with E-state index in [2.05, 4.69) is 20.9 Å². The van der Waals surface area contributed by atoms with Gasteiger partial charge in [0.05, 0.1) is 12.5 Å². The molecule has 0 aliphatic carbocycles. The van der Waals surface area contributed by atoms with Gasteiger partial charge in [0.25, 0.3) is 0 Å². The molecule has 182 valence electrons. The largest absolute Gasteiger partial charge is 0.481 e. The number of anilines is 1. The highest BCUT2D eigenvalue weighted by Crippen LogP contribution is 2.23. The fourth-order valence-corrected chi connectivity index (χ4v) is 3.57. The summed E-state index contributed by atoms with van der Waals surface area (Å²) in [5.74, 6) is -0.984. The van der Waals surface area contributed by atoms with Gasteiger partial charge in [0, 0.05) is 19.2 Å². The van der Waals surface area contributed by atoms with Crippen LogP contribution < -0.4 is 16.0 Å². The number of aromatic nitrogens is 1. The first-order valence-electron chi connectivity index (χ1n) is 11.5. The van der Waals surface area contributed by atoms with Gasteiger partial charge in [0.2, 0.25) is 11.8 Å². The number of hydrogen-bond donors (Lipinski definition) is 4. The molecule has 0 fully saturated rings. The summed E-state index contributed by atoms with van der Waals surface area (Å²) in [7, 11) is 0. The van der Waals surface area contributed by atoms with Crippen LogP contribution in [0.15, 0.2) is 79.0 Å². The maximum absolute atomic E-state index is 12.7. The third kappa shape index (κ3) is 8.26. The first-order valence-corrected chi connectivity index (χ1v) is 11.5. The van der Waals surface area contributed by atoms with E-state index in [0.29, 0.717) is 18.5 Å². The minimum Gasteiger partial charge on any atom is -0.481 e. The molecule has 0 aliphatic heterocycles. The summed E-state index contributed by atoms with van der Waals surface area (Å²) in [5.41, 5.74) is 2.72. The second-order valence-corrected chi connectivity index (χ2v) is 8.18. The van der Waals surface area contributed by atoms with Gasteiger partial charge in [-0.3, -0.25) is 14.4 Å². The normalized spacial score (nSPS) is 12.3. The summed E-state index contributed by atoms with van der Waals surface area (Å²) < 4.78 is 0. The SMILES string of the molecule is C[C@@H](NC(=O)CCCNc1ccccn1)C(=O)NC(CC(=O)O)c1ccc(-c2ccccc2)cc1. The molecule has 4 N–H and O–H groups in total. The number of benzene rings is 2. The summed E-state index contributed by atoms with van der Waals surface area (Å²) in [5, 5.41) is 17.9. The topological polar surface area (TPSA) is 120 Å². The van der Waals surface area contributed by atoms with Crippen LogP contribution in [0.1, 0.15) is 37.8 Å². The van der Waals surface area contributed by atoms with Crippen LogP contribution in [0.2, 0.25) is 0 Å². The van der Waals surface area contributed by atoms with Crippen molar-refractivity contribution in [1.82, 2.24) is 15.6 Å². The van der Waals surface area contributed by atoms with Gasteiger partial charge in [-0.2, -0.15) is 0 Å². The van der Waals surface area contributed by atoms with Crippen LogP contribution in [0, 0.1) is 0 Å². The van der Waals surface area contributed by atoms with Crippen molar-refractivity contribution in [2.45, 2.75) is 38.3 Å². The zero-order valence-corrected chi connectivity index (χ0v) is 19.6. The number of hydrogen-bond acceptors (Lipinski definition) is 5. The van der Waals surface area contributed by atoms with Crippen molar-refractivity contribution in [2.24, 2.45) is 0 Å². The fourth-order valence-electron chi connectivity index (χ4n) is 3.57. The molecule has 3 aromatic rings.